The highest BCUT2D eigenvalue weighted by Crippen LogP contribution is 2.44. The SMILES string of the molecule is CC[C@H](C)C(=O)O[C@H]1C[C@H](O)C=C2C=C[C@H](C)[C@H](CC[C@@H](O)C[C@@H](O)CC(=O)O)[C@H]21.Cc1cnc(C(=O)NCCc2ccc(S(=O)(=O)NC(=O)NC3CCCCC3)cc2)cn1. The van der Waals surface area contributed by atoms with E-state index < -0.39 is 46.4 Å². The number of ether oxygens (including phenoxy) is 1. The maximum atomic E-state index is 12.4. The molecule has 61 heavy (non-hydrogen) atoms. The van der Waals surface area contributed by atoms with Gasteiger partial charge < -0.3 is 35.8 Å². The topological polar surface area (TPSA) is 254 Å². The van der Waals surface area contributed by atoms with E-state index in [0.717, 1.165) is 48.9 Å². The number of allylic oxidation sites excluding steroid dienone is 2. The Morgan fingerprint density at radius 3 is 2.34 bits per heavy atom. The molecule has 5 rings (SSSR count). The summed E-state index contributed by atoms with van der Waals surface area (Å²) in [6, 6.07) is 5.53. The fraction of sp³-hybridized carbons (Fsp3) is 0.591. The summed E-state index contributed by atoms with van der Waals surface area (Å²) in [4.78, 5) is 55.3. The van der Waals surface area contributed by atoms with E-state index in [-0.39, 0.29) is 65.0 Å². The molecule has 3 aliphatic carbocycles. The van der Waals surface area contributed by atoms with Gasteiger partial charge in [0.15, 0.2) is 0 Å². The van der Waals surface area contributed by atoms with Gasteiger partial charge >= 0.3 is 18.0 Å². The van der Waals surface area contributed by atoms with Gasteiger partial charge in [0.25, 0.3) is 15.9 Å². The van der Waals surface area contributed by atoms with Crippen molar-refractivity contribution in [3.8, 4) is 0 Å². The van der Waals surface area contributed by atoms with Crippen LogP contribution in [0.3, 0.4) is 0 Å². The molecule has 16 nitrogen and oxygen atoms in total. The van der Waals surface area contributed by atoms with Crippen molar-refractivity contribution in [1.82, 2.24) is 25.3 Å². The number of sulfonamides is 1. The van der Waals surface area contributed by atoms with E-state index in [1.165, 1.54) is 24.5 Å². The number of hydrogen-bond donors (Lipinski definition) is 7. The van der Waals surface area contributed by atoms with Crippen molar-refractivity contribution in [1.29, 1.82) is 0 Å². The van der Waals surface area contributed by atoms with Crippen LogP contribution in [0, 0.1) is 30.6 Å². The first kappa shape index (κ1) is 49.0. The molecule has 0 spiro atoms. The first-order chi connectivity index (χ1) is 28.9. The number of aliphatic carboxylic acids is 1. The molecule has 1 saturated carbocycles. The quantitative estimate of drug-likeness (QED) is 0.108. The standard InChI is InChI=1S/C23H36O7.C21H27N5O4S/c1-4-13(2)23(29)30-20-11-17(25)9-15-6-5-14(3)19(22(15)20)8-7-16(24)10-18(26)12-21(27)28;1-15-13-24-19(14-23-15)20(27)22-12-11-16-7-9-18(10-8-16)31(29,30)26-21(28)25-17-5-3-2-4-6-17/h5-6,9,13-14,16-20,22,24-26H,4,7-8,10-12H2,1-3H3,(H,27,28);7-10,13-14,17H,2-6,11-12H2,1H3,(H,22,27)(H2,25,26,28)/t13-,14-,16+,17+,18+,19-,20-,22-;/m0./s1. The van der Waals surface area contributed by atoms with Crippen molar-refractivity contribution in [2.45, 2.75) is 140 Å². The first-order valence-electron chi connectivity index (χ1n) is 21.3. The van der Waals surface area contributed by atoms with Crippen molar-refractivity contribution >= 4 is 33.9 Å². The molecule has 3 aliphatic rings. The Kier molecular flexibility index (Phi) is 18.9. The van der Waals surface area contributed by atoms with E-state index in [2.05, 4.69) is 38.3 Å². The third-order valence-corrected chi connectivity index (χ3v) is 12.9. The Hall–Kier alpha value is -4.71. The van der Waals surface area contributed by atoms with Crippen LogP contribution in [0.2, 0.25) is 0 Å². The van der Waals surface area contributed by atoms with Gasteiger partial charge in [0.1, 0.15) is 11.8 Å². The van der Waals surface area contributed by atoms with Crippen molar-refractivity contribution < 1.29 is 52.8 Å². The number of carboxylic acids is 1. The van der Waals surface area contributed by atoms with Crippen LogP contribution in [0.25, 0.3) is 0 Å². The number of rotatable bonds is 17. The van der Waals surface area contributed by atoms with Gasteiger partial charge in [-0.2, -0.15) is 0 Å². The molecule has 0 unspecified atom stereocenters. The second-order valence-corrected chi connectivity index (χ2v) is 18.2. The van der Waals surface area contributed by atoms with Gasteiger partial charge in [0.05, 0.1) is 47.4 Å². The average molecular weight is 870 g/mol. The number of carbonyl (C=O) groups is 4. The third kappa shape index (κ3) is 15.6. The average Bonchev–Trinajstić information content (AvgIpc) is 3.20. The van der Waals surface area contributed by atoms with Crippen LogP contribution in [0.4, 0.5) is 4.79 Å². The molecular weight excluding hydrogens is 807 g/mol. The summed E-state index contributed by atoms with van der Waals surface area (Å²) in [5.41, 5.74) is 2.78. The molecule has 0 saturated heterocycles. The smallest absolute Gasteiger partial charge is 0.328 e. The molecule has 1 aromatic heterocycles. The van der Waals surface area contributed by atoms with Gasteiger partial charge in [0, 0.05) is 31.1 Å². The normalized spacial score (nSPS) is 22.8. The van der Waals surface area contributed by atoms with E-state index in [1.54, 1.807) is 19.1 Å². The van der Waals surface area contributed by atoms with Gasteiger partial charge in [0.2, 0.25) is 0 Å². The van der Waals surface area contributed by atoms with Crippen LogP contribution < -0.4 is 15.4 Å². The second kappa shape index (κ2) is 23.5. The van der Waals surface area contributed by atoms with Gasteiger partial charge in [-0.15, -0.1) is 0 Å². The number of carbonyl (C=O) groups excluding carboxylic acids is 3. The van der Waals surface area contributed by atoms with E-state index in [9.17, 15) is 42.9 Å². The number of carboxylic acid groups (broad SMARTS) is 1. The number of aliphatic hydroxyl groups is 3. The first-order valence-corrected chi connectivity index (χ1v) is 22.8. The van der Waals surface area contributed by atoms with Crippen LogP contribution in [-0.4, -0.2) is 99.7 Å². The number of fused-ring (bicyclic) bond motifs is 1. The lowest BCUT2D eigenvalue weighted by atomic mass is 9.66. The Bertz CT molecular complexity index is 1930. The van der Waals surface area contributed by atoms with Crippen LogP contribution in [0.15, 0.2) is 65.4 Å². The van der Waals surface area contributed by atoms with Crippen molar-refractivity contribution in [3.63, 3.8) is 0 Å². The number of nitrogens with one attached hydrogen (secondary N) is 3. The molecule has 1 aromatic carbocycles. The predicted octanol–water partition coefficient (Wildman–Crippen LogP) is 4.52. The highest BCUT2D eigenvalue weighted by Gasteiger charge is 2.42. The monoisotopic (exact) mass is 869 g/mol. The number of benzene rings is 1. The molecule has 3 amide bonds. The van der Waals surface area contributed by atoms with Crippen molar-refractivity contribution in [2.75, 3.05) is 6.54 Å². The van der Waals surface area contributed by atoms with Gasteiger partial charge in [-0.25, -0.2) is 22.9 Å². The van der Waals surface area contributed by atoms with Crippen LogP contribution in [-0.2, 0) is 30.8 Å². The summed E-state index contributed by atoms with van der Waals surface area (Å²) in [6.07, 6.45) is 13.1. The minimum absolute atomic E-state index is 0.00834. The Balaban J connectivity index is 0.000000269. The van der Waals surface area contributed by atoms with Gasteiger partial charge in [-0.05, 0) is 87.0 Å². The zero-order valence-electron chi connectivity index (χ0n) is 35.5. The molecule has 8 atom stereocenters. The fourth-order valence-corrected chi connectivity index (χ4v) is 8.83. The highest BCUT2D eigenvalue weighted by atomic mass is 32.2. The minimum atomic E-state index is -3.95. The molecule has 7 N–H and O–H groups in total. The number of amides is 3. The number of urea groups is 1. The maximum absolute atomic E-state index is 12.4. The number of aliphatic hydroxyl groups excluding tert-OH is 3. The molecule has 17 heteroatoms. The molecule has 336 valence electrons. The minimum Gasteiger partial charge on any atom is -0.481 e. The van der Waals surface area contributed by atoms with Crippen LogP contribution in [0.5, 0.6) is 0 Å². The summed E-state index contributed by atoms with van der Waals surface area (Å²) in [7, 11) is -3.95. The summed E-state index contributed by atoms with van der Waals surface area (Å²) in [6.45, 7) is 8.00. The van der Waals surface area contributed by atoms with Crippen molar-refractivity contribution in [2.24, 2.45) is 23.7 Å². The van der Waals surface area contributed by atoms with E-state index in [0.29, 0.717) is 38.6 Å². The number of esters is 1. The number of aromatic nitrogens is 2. The van der Waals surface area contributed by atoms with Gasteiger partial charge in [-0.3, -0.25) is 19.4 Å². The molecule has 0 aliphatic heterocycles. The van der Waals surface area contributed by atoms with E-state index in [4.69, 9.17) is 9.84 Å². The lowest BCUT2D eigenvalue weighted by molar-refractivity contribution is -0.159. The van der Waals surface area contributed by atoms with Gasteiger partial charge in [-0.1, -0.05) is 70.4 Å². The van der Waals surface area contributed by atoms with Crippen LogP contribution >= 0.6 is 0 Å². The van der Waals surface area contributed by atoms with E-state index in [1.807, 2.05) is 26.0 Å². The number of nitrogens with zero attached hydrogens (tertiary/aromatic N) is 2. The largest absolute Gasteiger partial charge is 0.481 e. The van der Waals surface area contributed by atoms with Crippen LogP contribution in [0.1, 0.15) is 113 Å². The summed E-state index contributed by atoms with van der Waals surface area (Å²) >= 11 is 0. The Labute approximate surface area is 358 Å². The summed E-state index contributed by atoms with van der Waals surface area (Å²) in [5.74, 6) is -1.63. The summed E-state index contributed by atoms with van der Waals surface area (Å²) < 4.78 is 32.8. The lowest BCUT2D eigenvalue weighted by Crippen LogP contribution is -2.45. The number of hydrogen-bond acceptors (Lipinski definition) is 12. The Morgan fingerprint density at radius 1 is 1.00 bits per heavy atom. The number of aryl methyl sites for hydroxylation is 1. The highest BCUT2D eigenvalue weighted by molar-refractivity contribution is 7.90. The maximum Gasteiger partial charge on any atom is 0.328 e. The summed E-state index contributed by atoms with van der Waals surface area (Å²) in [5, 5.41) is 44.5. The molecule has 1 fully saturated rings. The zero-order chi connectivity index (χ0) is 44.7. The lowest BCUT2D eigenvalue weighted by Gasteiger charge is -2.43. The molecule has 2 aromatic rings. The third-order valence-electron chi connectivity index (χ3n) is 11.6. The van der Waals surface area contributed by atoms with Crippen molar-refractivity contribution in [3.05, 3.63) is 77.4 Å². The molecule has 0 bridgehead atoms. The van der Waals surface area contributed by atoms with E-state index >= 15 is 0 Å². The second-order valence-electron chi connectivity index (χ2n) is 16.5. The Morgan fingerprint density at radius 2 is 1.70 bits per heavy atom. The molecule has 0 radical (unpaired) electrons. The predicted molar refractivity (Wildman–Crippen MR) is 226 cm³/mol. The molecular formula is C44H63N5O11S. The zero-order valence-corrected chi connectivity index (χ0v) is 36.4. The molecule has 1 heterocycles. The fourth-order valence-electron chi connectivity index (χ4n) is 7.92.